The first-order valence-corrected chi connectivity index (χ1v) is 7.47. The van der Waals surface area contributed by atoms with E-state index in [1.54, 1.807) is 6.07 Å². The Morgan fingerprint density at radius 2 is 2.11 bits per heavy atom. The molecule has 1 saturated heterocycles. The Morgan fingerprint density at radius 3 is 2.74 bits per heavy atom. The molecule has 0 bridgehead atoms. The maximum atomic E-state index is 14.0. The summed E-state index contributed by atoms with van der Waals surface area (Å²) in [5, 5.41) is 3.51. The van der Waals surface area contributed by atoms with Gasteiger partial charge in [-0.1, -0.05) is 42.8 Å². The fraction of sp³-hybridized carbons (Fsp3) is 0.600. The van der Waals surface area contributed by atoms with E-state index >= 15 is 0 Å². The van der Waals surface area contributed by atoms with Crippen molar-refractivity contribution < 1.29 is 9.13 Å². The molecule has 106 valence electrons. The number of rotatable bonds is 1. The molecule has 1 aromatic rings. The van der Waals surface area contributed by atoms with E-state index in [1.807, 2.05) is 6.07 Å². The van der Waals surface area contributed by atoms with Crippen LogP contribution >= 0.6 is 15.9 Å². The van der Waals surface area contributed by atoms with E-state index in [0.29, 0.717) is 24.8 Å². The number of halogens is 2. The second-order valence-electron chi connectivity index (χ2n) is 6.14. The van der Waals surface area contributed by atoms with Crippen molar-refractivity contribution >= 4 is 15.9 Å². The van der Waals surface area contributed by atoms with Gasteiger partial charge in [0.25, 0.3) is 0 Å². The van der Waals surface area contributed by atoms with Crippen molar-refractivity contribution in [1.29, 1.82) is 0 Å². The predicted molar refractivity (Wildman–Crippen MR) is 78.7 cm³/mol. The summed E-state index contributed by atoms with van der Waals surface area (Å²) in [7, 11) is 0. The zero-order valence-corrected chi connectivity index (χ0v) is 13.3. The first-order valence-electron chi connectivity index (χ1n) is 6.68. The van der Waals surface area contributed by atoms with Crippen molar-refractivity contribution in [3.05, 3.63) is 34.1 Å². The molecular formula is C15H21BrFNO. The van der Waals surface area contributed by atoms with Crippen LogP contribution in [0, 0.1) is 11.2 Å². The molecule has 0 radical (unpaired) electrons. The van der Waals surface area contributed by atoms with Crippen molar-refractivity contribution in [3.63, 3.8) is 0 Å². The summed E-state index contributed by atoms with van der Waals surface area (Å²) >= 11 is 3.27. The van der Waals surface area contributed by atoms with Crippen LogP contribution in [0.1, 0.15) is 38.9 Å². The molecule has 0 saturated carbocycles. The number of benzene rings is 1. The van der Waals surface area contributed by atoms with Gasteiger partial charge in [0.1, 0.15) is 5.82 Å². The van der Waals surface area contributed by atoms with Crippen LogP contribution in [0.15, 0.2) is 22.7 Å². The van der Waals surface area contributed by atoms with Crippen molar-refractivity contribution in [2.45, 2.75) is 39.3 Å². The Morgan fingerprint density at radius 1 is 1.37 bits per heavy atom. The van der Waals surface area contributed by atoms with E-state index in [9.17, 15) is 4.39 Å². The highest BCUT2D eigenvalue weighted by Gasteiger charge is 2.29. The van der Waals surface area contributed by atoms with Crippen molar-refractivity contribution in [3.8, 4) is 0 Å². The summed E-state index contributed by atoms with van der Waals surface area (Å²) in [6.07, 6.45) is 0.749. The molecule has 1 aliphatic heterocycles. The van der Waals surface area contributed by atoms with Crippen LogP contribution in [0.2, 0.25) is 0 Å². The molecule has 0 aromatic heterocycles. The van der Waals surface area contributed by atoms with Gasteiger partial charge in [0, 0.05) is 29.2 Å². The molecule has 1 aromatic carbocycles. The van der Waals surface area contributed by atoms with Gasteiger partial charge in [-0.2, -0.15) is 0 Å². The van der Waals surface area contributed by atoms with Crippen LogP contribution in [-0.4, -0.2) is 19.2 Å². The summed E-state index contributed by atoms with van der Waals surface area (Å²) in [6.45, 7) is 7.96. The summed E-state index contributed by atoms with van der Waals surface area (Å²) in [6, 6.07) is 5.54. The van der Waals surface area contributed by atoms with Gasteiger partial charge in [0.05, 0.1) is 6.10 Å². The van der Waals surface area contributed by atoms with Gasteiger partial charge in [-0.25, -0.2) is 4.39 Å². The average molecular weight is 330 g/mol. The molecule has 1 N–H and O–H groups in total. The number of nitrogens with one attached hydrogen (secondary N) is 1. The molecule has 1 heterocycles. The maximum absolute atomic E-state index is 14.0. The normalized spacial score (nSPS) is 25.1. The third-order valence-electron chi connectivity index (χ3n) is 3.63. The van der Waals surface area contributed by atoms with Gasteiger partial charge in [-0.05, 0) is 24.0 Å². The maximum Gasteiger partial charge on any atom is 0.130 e. The van der Waals surface area contributed by atoms with Gasteiger partial charge < -0.3 is 10.1 Å². The Labute approximate surface area is 122 Å². The van der Waals surface area contributed by atoms with Crippen molar-refractivity contribution in [2.75, 3.05) is 13.2 Å². The van der Waals surface area contributed by atoms with E-state index in [0.717, 1.165) is 10.9 Å². The van der Waals surface area contributed by atoms with Crippen LogP contribution in [0.4, 0.5) is 4.39 Å². The summed E-state index contributed by atoms with van der Waals surface area (Å²) in [5.41, 5.74) is 0.821. The van der Waals surface area contributed by atoms with E-state index < -0.39 is 0 Å². The summed E-state index contributed by atoms with van der Waals surface area (Å²) in [5.74, 6) is -0.213. The molecule has 1 aliphatic rings. The first kappa shape index (κ1) is 14.9. The highest BCUT2D eigenvalue weighted by Crippen LogP contribution is 2.29. The molecule has 0 aliphatic carbocycles. The second kappa shape index (κ2) is 5.90. The predicted octanol–water partition coefficient (Wildman–Crippen LogP) is 4.05. The fourth-order valence-electron chi connectivity index (χ4n) is 2.44. The number of hydrogen-bond acceptors (Lipinski definition) is 2. The molecule has 0 amide bonds. The Bertz CT molecular complexity index is 444. The van der Waals surface area contributed by atoms with E-state index in [2.05, 4.69) is 42.0 Å². The van der Waals surface area contributed by atoms with Crippen LogP contribution < -0.4 is 5.32 Å². The molecular weight excluding hydrogens is 309 g/mol. The molecule has 2 atom stereocenters. The van der Waals surface area contributed by atoms with E-state index in [-0.39, 0.29) is 17.3 Å². The van der Waals surface area contributed by atoms with Crippen LogP contribution in [0.25, 0.3) is 0 Å². The summed E-state index contributed by atoms with van der Waals surface area (Å²) in [4.78, 5) is 0. The lowest BCUT2D eigenvalue weighted by molar-refractivity contribution is 0.0629. The van der Waals surface area contributed by atoms with Crippen LogP contribution in [-0.2, 0) is 4.74 Å². The van der Waals surface area contributed by atoms with Crippen molar-refractivity contribution in [1.82, 2.24) is 5.32 Å². The summed E-state index contributed by atoms with van der Waals surface area (Å²) < 4.78 is 20.5. The number of ether oxygens (including phenoxy) is 1. The lowest BCUT2D eigenvalue weighted by atomic mass is 9.85. The van der Waals surface area contributed by atoms with Crippen LogP contribution in [0.3, 0.4) is 0 Å². The lowest BCUT2D eigenvalue weighted by Gasteiger charge is -2.30. The van der Waals surface area contributed by atoms with Crippen molar-refractivity contribution in [2.24, 2.45) is 5.41 Å². The van der Waals surface area contributed by atoms with Gasteiger partial charge in [0.15, 0.2) is 0 Å². The average Bonchev–Trinajstić information content (AvgIpc) is 2.54. The monoisotopic (exact) mass is 329 g/mol. The van der Waals surface area contributed by atoms with E-state index in [4.69, 9.17) is 4.74 Å². The molecule has 0 spiro atoms. The van der Waals surface area contributed by atoms with Gasteiger partial charge in [-0.3, -0.25) is 0 Å². The Balaban J connectivity index is 2.11. The highest BCUT2D eigenvalue weighted by atomic mass is 79.9. The minimum Gasteiger partial charge on any atom is -0.372 e. The molecule has 2 unspecified atom stereocenters. The molecule has 1 fully saturated rings. The SMILES string of the molecule is CC(C)(C)C1CCOC(c2ccc(Br)cc2F)CN1. The fourth-order valence-corrected chi connectivity index (χ4v) is 2.77. The Kier molecular flexibility index (Phi) is 4.64. The number of hydrogen-bond donors (Lipinski definition) is 1. The molecule has 4 heteroatoms. The van der Waals surface area contributed by atoms with Gasteiger partial charge in [-0.15, -0.1) is 0 Å². The quantitative estimate of drug-likeness (QED) is 0.839. The molecule has 2 nitrogen and oxygen atoms in total. The minimum atomic E-state index is -0.213. The van der Waals surface area contributed by atoms with E-state index in [1.165, 1.54) is 6.07 Å². The first-order chi connectivity index (χ1) is 8.88. The third kappa shape index (κ3) is 3.77. The zero-order valence-electron chi connectivity index (χ0n) is 11.7. The minimum absolute atomic E-state index is 0.191. The van der Waals surface area contributed by atoms with Gasteiger partial charge >= 0.3 is 0 Å². The third-order valence-corrected chi connectivity index (χ3v) is 4.12. The second-order valence-corrected chi connectivity index (χ2v) is 7.06. The van der Waals surface area contributed by atoms with Crippen LogP contribution in [0.5, 0.6) is 0 Å². The highest BCUT2D eigenvalue weighted by molar-refractivity contribution is 9.10. The van der Waals surface area contributed by atoms with Gasteiger partial charge in [0.2, 0.25) is 0 Å². The largest absolute Gasteiger partial charge is 0.372 e. The topological polar surface area (TPSA) is 21.3 Å². The Hall–Kier alpha value is -0.450. The zero-order chi connectivity index (χ0) is 14.0. The smallest absolute Gasteiger partial charge is 0.130 e. The molecule has 19 heavy (non-hydrogen) atoms. The lowest BCUT2D eigenvalue weighted by Crippen LogP contribution is -2.40. The standard InChI is InChI=1S/C15H21BrFNO/c1-15(2,3)14-6-7-19-13(9-18-14)11-5-4-10(16)8-12(11)17/h4-5,8,13-14,18H,6-7,9H2,1-3H3. The molecule has 2 rings (SSSR count).